The molecule has 2 rings (SSSR count). The maximum Gasteiger partial charge on any atom is 0.248 e. The number of halogens is 1. The van der Waals surface area contributed by atoms with Crippen LogP contribution in [0.15, 0.2) is 43.0 Å². The van der Waals surface area contributed by atoms with E-state index in [1.165, 1.54) is 12.8 Å². The molecular formula is C15H21IN2O. The number of benzene rings is 1. The minimum Gasteiger partial charge on any atom is -1.00 e. The summed E-state index contributed by atoms with van der Waals surface area (Å²) in [6, 6.07) is 8.18. The fourth-order valence-electron chi connectivity index (χ4n) is 1.90. The van der Waals surface area contributed by atoms with E-state index in [0.717, 1.165) is 18.0 Å². The maximum absolute atomic E-state index is 5.44. The summed E-state index contributed by atoms with van der Waals surface area (Å²) in [7, 11) is 0. The Hall–Kier alpha value is -1.04. The Bertz CT molecular complexity index is 479. The Morgan fingerprint density at radius 1 is 1.16 bits per heavy atom. The normalized spacial score (nSPS) is 10.0. The van der Waals surface area contributed by atoms with Gasteiger partial charge in [0.2, 0.25) is 6.33 Å². The van der Waals surface area contributed by atoms with E-state index in [1.54, 1.807) is 0 Å². The Morgan fingerprint density at radius 3 is 2.53 bits per heavy atom. The summed E-state index contributed by atoms with van der Waals surface area (Å²) in [4.78, 5) is 0. The summed E-state index contributed by atoms with van der Waals surface area (Å²) >= 11 is 0. The lowest BCUT2D eigenvalue weighted by Gasteiger charge is -2.02. The van der Waals surface area contributed by atoms with Gasteiger partial charge in [-0.3, -0.25) is 0 Å². The molecule has 0 spiro atoms. The zero-order chi connectivity index (χ0) is 12.8. The van der Waals surface area contributed by atoms with Gasteiger partial charge in [-0.15, -0.1) is 0 Å². The minimum atomic E-state index is 0. The van der Waals surface area contributed by atoms with E-state index in [4.69, 9.17) is 4.74 Å². The minimum absolute atomic E-state index is 0. The Morgan fingerprint density at radius 2 is 1.89 bits per heavy atom. The highest BCUT2D eigenvalue weighted by Crippen LogP contribution is 2.11. The van der Waals surface area contributed by atoms with Gasteiger partial charge in [-0.1, -0.05) is 13.3 Å². The predicted molar refractivity (Wildman–Crippen MR) is 72.0 cm³/mol. The molecule has 0 aliphatic rings. The molecule has 1 aromatic heterocycles. The van der Waals surface area contributed by atoms with E-state index in [-0.39, 0.29) is 24.0 Å². The van der Waals surface area contributed by atoms with Gasteiger partial charge in [0.05, 0.1) is 13.2 Å². The molecule has 0 aliphatic carbocycles. The van der Waals surface area contributed by atoms with Crippen LogP contribution in [0.25, 0.3) is 5.69 Å². The SMILES string of the molecule is CCCCn1cc[n+](-c2ccc(OCC)cc2)c1.[I-]. The smallest absolute Gasteiger partial charge is 0.248 e. The number of nitrogens with zero attached hydrogens (tertiary/aromatic N) is 2. The Kier molecular flexibility index (Phi) is 6.91. The van der Waals surface area contributed by atoms with Gasteiger partial charge in [0.25, 0.3) is 0 Å². The average Bonchev–Trinajstić information content (AvgIpc) is 2.86. The van der Waals surface area contributed by atoms with E-state index in [2.05, 4.69) is 46.9 Å². The summed E-state index contributed by atoms with van der Waals surface area (Å²) < 4.78 is 9.79. The second-order valence-electron chi connectivity index (χ2n) is 4.34. The number of aryl methyl sites for hydroxylation is 1. The quantitative estimate of drug-likeness (QED) is 0.515. The van der Waals surface area contributed by atoms with Crippen molar-refractivity contribution in [3.8, 4) is 11.4 Å². The van der Waals surface area contributed by atoms with Crippen LogP contribution in [0.3, 0.4) is 0 Å². The van der Waals surface area contributed by atoms with Crippen LogP contribution in [0.4, 0.5) is 0 Å². The van der Waals surface area contributed by atoms with Gasteiger partial charge in [-0.2, -0.15) is 0 Å². The van der Waals surface area contributed by atoms with Crippen LogP contribution in [0, 0.1) is 0 Å². The van der Waals surface area contributed by atoms with Crippen molar-refractivity contribution in [2.45, 2.75) is 33.2 Å². The first kappa shape index (κ1) is 16.0. The van der Waals surface area contributed by atoms with Gasteiger partial charge >= 0.3 is 0 Å². The van der Waals surface area contributed by atoms with Crippen molar-refractivity contribution in [3.05, 3.63) is 43.0 Å². The molecule has 3 nitrogen and oxygen atoms in total. The summed E-state index contributed by atoms with van der Waals surface area (Å²) in [5, 5.41) is 0. The fraction of sp³-hybridized carbons (Fsp3) is 0.400. The van der Waals surface area contributed by atoms with Gasteiger partial charge in [0.15, 0.2) is 0 Å². The molecule has 4 heteroatoms. The van der Waals surface area contributed by atoms with Crippen LogP contribution in [0.5, 0.6) is 5.75 Å². The van der Waals surface area contributed by atoms with Crippen LogP contribution in [-0.4, -0.2) is 11.2 Å². The van der Waals surface area contributed by atoms with Gasteiger partial charge in [-0.05, 0) is 37.6 Å². The largest absolute Gasteiger partial charge is 1.00 e. The lowest BCUT2D eigenvalue weighted by molar-refractivity contribution is -0.595. The second-order valence-corrected chi connectivity index (χ2v) is 4.34. The number of ether oxygens (including phenoxy) is 1. The Labute approximate surface area is 132 Å². The van der Waals surface area contributed by atoms with Crippen LogP contribution >= 0.6 is 0 Å². The van der Waals surface area contributed by atoms with Crippen molar-refractivity contribution in [2.75, 3.05) is 6.61 Å². The second kappa shape index (κ2) is 8.19. The van der Waals surface area contributed by atoms with E-state index < -0.39 is 0 Å². The number of aromatic nitrogens is 2. The molecule has 0 saturated heterocycles. The molecule has 0 atom stereocenters. The monoisotopic (exact) mass is 372 g/mol. The molecule has 0 amide bonds. The van der Waals surface area contributed by atoms with Crippen molar-refractivity contribution in [1.29, 1.82) is 0 Å². The highest BCUT2D eigenvalue weighted by atomic mass is 127. The lowest BCUT2D eigenvalue weighted by Crippen LogP contribution is -3.00. The van der Waals surface area contributed by atoms with Crippen LogP contribution < -0.4 is 33.3 Å². The molecule has 0 fully saturated rings. The van der Waals surface area contributed by atoms with Crippen LogP contribution in [-0.2, 0) is 6.54 Å². The molecular weight excluding hydrogens is 351 g/mol. The van der Waals surface area contributed by atoms with E-state index in [0.29, 0.717) is 6.61 Å². The Balaban J connectivity index is 0.00000180. The molecule has 19 heavy (non-hydrogen) atoms. The van der Waals surface area contributed by atoms with Crippen molar-refractivity contribution in [1.82, 2.24) is 4.57 Å². The van der Waals surface area contributed by atoms with E-state index >= 15 is 0 Å². The zero-order valence-electron chi connectivity index (χ0n) is 11.6. The molecule has 0 N–H and O–H groups in total. The molecule has 0 saturated carbocycles. The molecule has 1 aromatic carbocycles. The summed E-state index contributed by atoms with van der Waals surface area (Å²) in [6.07, 6.45) is 8.78. The number of rotatable bonds is 6. The fourth-order valence-corrected chi connectivity index (χ4v) is 1.90. The van der Waals surface area contributed by atoms with E-state index in [9.17, 15) is 0 Å². The third kappa shape index (κ3) is 4.53. The molecule has 0 unspecified atom stereocenters. The molecule has 104 valence electrons. The van der Waals surface area contributed by atoms with Gasteiger partial charge in [0.1, 0.15) is 23.8 Å². The van der Waals surface area contributed by atoms with Crippen molar-refractivity contribution in [2.24, 2.45) is 0 Å². The molecule has 2 aromatic rings. The summed E-state index contributed by atoms with van der Waals surface area (Å²) in [5.41, 5.74) is 1.16. The molecule has 0 bridgehead atoms. The van der Waals surface area contributed by atoms with Gasteiger partial charge in [-0.25, -0.2) is 9.13 Å². The lowest BCUT2D eigenvalue weighted by atomic mass is 10.3. The number of hydrogen-bond acceptors (Lipinski definition) is 1. The molecule has 0 radical (unpaired) electrons. The highest BCUT2D eigenvalue weighted by Gasteiger charge is 2.06. The summed E-state index contributed by atoms with van der Waals surface area (Å²) in [5.74, 6) is 0.923. The van der Waals surface area contributed by atoms with Crippen molar-refractivity contribution < 1.29 is 33.3 Å². The maximum atomic E-state index is 5.44. The van der Waals surface area contributed by atoms with Crippen molar-refractivity contribution >= 4 is 0 Å². The third-order valence-electron chi connectivity index (χ3n) is 2.91. The molecule has 1 heterocycles. The number of imidazole rings is 1. The summed E-state index contributed by atoms with van der Waals surface area (Å²) in [6.45, 7) is 6.00. The van der Waals surface area contributed by atoms with Crippen LogP contribution in [0.2, 0.25) is 0 Å². The van der Waals surface area contributed by atoms with E-state index in [1.807, 2.05) is 19.1 Å². The average molecular weight is 372 g/mol. The van der Waals surface area contributed by atoms with Crippen LogP contribution in [0.1, 0.15) is 26.7 Å². The first-order chi connectivity index (χ1) is 8.83. The highest BCUT2D eigenvalue weighted by molar-refractivity contribution is 5.31. The first-order valence-corrected chi connectivity index (χ1v) is 6.63. The third-order valence-corrected chi connectivity index (χ3v) is 2.91. The van der Waals surface area contributed by atoms with Gasteiger partial charge < -0.3 is 28.7 Å². The first-order valence-electron chi connectivity index (χ1n) is 6.63. The standard InChI is InChI=1S/C15H21N2O.HI/c1-3-5-10-16-11-12-17(13-16)14-6-8-15(9-7-14)18-4-2;/h6-9,11-13H,3-5,10H2,1-2H3;1H/q+1;/p-1. The predicted octanol–water partition coefficient (Wildman–Crippen LogP) is -0.0324. The topological polar surface area (TPSA) is 18.0 Å². The van der Waals surface area contributed by atoms with Gasteiger partial charge in [0, 0.05) is 0 Å². The number of hydrogen-bond donors (Lipinski definition) is 0. The number of unbranched alkanes of at least 4 members (excludes halogenated alkanes) is 1. The molecule has 0 aliphatic heterocycles. The van der Waals surface area contributed by atoms with Crippen molar-refractivity contribution in [3.63, 3.8) is 0 Å². The zero-order valence-corrected chi connectivity index (χ0v) is 13.7.